The second kappa shape index (κ2) is 3.13. The zero-order chi connectivity index (χ0) is 8.27. The minimum absolute atomic E-state index is 0.230. The van der Waals surface area contributed by atoms with Gasteiger partial charge in [0.2, 0.25) is 0 Å². The average molecular weight is 151 g/mol. The highest BCUT2D eigenvalue weighted by molar-refractivity contribution is 5.48. The minimum Gasteiger partial charge on any atom is -0.207 e. The maximum atomic E-state index is 12.7. The molecule has 0 N–H and O–H groups in total. The first-order valence-electron chi connectivity index (χ1n) is 2.98. The highest BCUT2D eigenvalue weighted by atomic mass is 19.1. The Balaban J connectivity index is 3.19. The zero-order valence-corrected chi connectivity index (χ0v) is 5.64. The molecule has 0 saturated heterocycles. The van der Waals surface area contributed by atoms with Crippen LogP contribution in [0, 0.1) is 18.2 Å². The quantitative estimate of drug-likeness (QED) is 0.541. The van der Waals surface area contributed by atoms with Gasteiger partial charge in [-0.2, -0.15) is 0 Å². The minimum atomic E-state index is -0.636. The van der Waals surface area contributed by atoms with Crippen LogP contribution in [0.5, 0.6) is 0 Å². The molecule has 0 bridgehead atoms. The van der Waals surface area contributed by atoms with E-state index in [0.717, 1.165) is 12.1 Å². The van der Waals surface area contributed by atoms with Gasteiger partial charge in [0.05, 0.1) is 0 Å². The molecule has 1 aromatic carbocycles. The van der Waals surface area contributed by atoms with Crippen molar-refractivity contribution in [2.45, 2.75) is 0 Å². The molecule has 0 spiro atoms. The fourth-order valence-electron chi connectivity index (χ4n) is 0.708. The highest BCUT2D eigenvalue weighted by Gasteiger charge is 1.98. The molecular weight excluding hydrogens is 146 g/mol. The van der Waals surface area contributed by atoms with Crippen LogP contribution >= 0.6 is 0 Å². The molecule has 0 fully saturated rings. The summed E-state index contributed by atoms with van der Waals surface area (Å²) in [6.07, 6.45) is 1.24. The van der Waals surface area contributed by atoms with Crippen LogP contribution in [-0.4, -0.2) is 0 Å². The van der Waals surface area contributed by atoms with Gasteiger partial charge in [0, 0.05) is 11.6 Å². The second-order valence-electron chi connectivity index (χ2n) is 1.98. The molecule has 0 atom stereocenters. The maximum absolute atomic E-state index is 12.7. The molecule has 0 aromatic heterocycles. The molecule has 0 nitrogen and oxygen atoms in total. The van der Waals surface area contributed by atoms with Crippen molar-refractivity contribution in [3.8, 4) is 0 Å². The molecule has 0 aliphatic rings. The Morgan fingerprint density at radius 1 is 1.36 bits per heavy atom. The summed E-state index contributed by atoms with van der Waals surface area (Å²) in [7, 11) is 0. The summed E-state index contributed by atoms with van der Waals surface area (Å²) in [5.74, 6) is -1.24. The van der Waals surface area contributed by atoms with E-state index in [1.807, 2.05) is 0 Å². The molecule has 0 heterocycles. The van der Waals surface area contributed by atoms with E-state index >= 15 is 0 Å². The molecule has 11 heavy (non-hydrogen) atoms. The second-order valence-corrected chi connectivity index (χ2v) is 1.98. The lowest BCUT2D eigenvalue weighted by Gasteiger charge is -1.93. The van der Waals surface area contributed by atoms with Gasteiger partial charge in [0.1, 0.15) is 11.6 Å². The van der Waals surface area contributed by atoms with Crippen molar-refractivity contribution in [3.63, 3.8) is 0 Å². The van der Waals surface area contributed by atoms with E-state index in [1.54, 1.807) is 0 Å². The fraction of sp³-hybridized carbons (Fsp3) is 0. The Hall–Kier alpha value is -1.40. The number of benzene rings is 1. The third-order valence-electron chi connectivity index (χ3n) is 1.20. The summed E-state index contributed by atoms with van der Waals surface area (Å²) in [4.78, 5) is 0. The van der Waals surface area contributed by atoms with Crippen LogP contribution in [-0.2, 0) is 0 Å². The van der Waals surface area contributed by atoms with E-state index in [1.165, 1.54) is 12.1 Å². The van der Waals surface area contributed by atoms with Gasteiger partial charge in [-0.25, -0.2) is 8.78 Å². The van der Waals surface area contributed by atoms with E-state index in [9.17, 15) is 8.78 Å². The van der Waals surface area contributed by atoms with Gasteiger partial charge in [0.25, 0.3) is 0 Å². The topological polar surface area (TPSA) is 0 Å². The predicted octanol–water partition coefficient (Wildman–Crippen LogP) is 2.57. The Kier molecular flexibility index (Phi) is 2.19. The molecule has 0 amide bonds. The molecular formula is C9H5F2. The van der Waals surface area contributed by atoms with Crippen molar-refractivity contribution in [1.82, 2.24) is 0 Å². The number of halogens is 2. The number of hydrogen-bond acceptors (Lipinski definition) is 0. The molecule has 1 aromatic rings. The van der Waals surface area contributed by atoms with Crippen molar-refractivity contribution in [2.75, 3.05) is 0 Å². The van der Waals surface area contributed by atoms with Gasteiger partial charge in [-0.15, -0.1) is 5.73 Å². The molecule has 1 radical (unpaired) electrons. The molecule has 0 saturated carbocycles. The first kappa shape index (κ1) is 7.70. The van der Waals surface area contributed by atoms with Crippen LogP contribution in [0.3, 0.4) is 0 Å². The van der Waals surface area contributed by atoms with Crippen molar-refractivity contribution in [2.24, 2.45) is 0 Å². The van der Waals surface area contributed by atoms with Gasteiger partial charge in [-0.05, 0) is 24.8 Å². The lowest BCUT2D eigenvalue weighted by Crippen LogP contribution is -1.82. The third kappa shape index (κ3) is 1.76. The van der Waals surface area contributed by atoms with Crippen LogP contribution in [0.25, 0.3) is 6.08 Å². The van der Waals surface area contributed by atoms with E-state index in [2.05, 4.69) is 5.73 Å². The smallest absolute Gasteiger partial charge is 0.133 e. The van der Waals surface area contributed by atoms with Gasteiger partial charge in [-0.3, -0.25) is 0 Å². The average Bonchev–Trinajstić information content (AvgIpc) is 1.95. The van der Waals surface area contributed by atoms with Gasteiger partial charge < -0.3 is 0 Å². The standard InChI is InChI=1S/C9H5F2/c1-2-3-7-4-5-8(10)6-9(7)11/h1,3-6H. The van der Waals surface area contributed by atoms with E-state index in [0.29, 0.717) is 0 Å². The predicted molar refractivity (Wildman–Crippen MR) is 38.6 cm³/mol. The largest absolute Gasteiger partial charge is 0.207 e. The zero-order valence-electron chi connectivity index (χ0n) is 5.64. The summed E-state index contributed by atoms with van der Waals surface area (Å²) >= 11 is 0. The third-order valence-corrected chi connectivity index (χ3v) is 1.20. The van der Waals surface area contributed by atoms with Crippen molar-refractivity contribution in [1.29, 1.82) is 0 Å². The van der Waals surface area contributed by atoms with Crippen LogP contribution in [0.2, 0.25) is 0 Å². The monoisotopic (exact) mass is 151 g/mol. The van der Waals surface area contributed by atoms with Crippen LogP contribution in [0.15, 0.2) is 23.9 Å². The number of hydrogen-bond donors (Lipinski definition) is 0. The van der Waals surface area contributed by atoms with Gasteiger partial charge >= 0.3 is 0 Å². The van der Waals surface area contributed by atoms with E-state index < -0.39 is 11.6 Å². The summed E-state index contributed by atoms with van der Waals surface area (Å²) in [6, 6.07) is 3.25. The molecule has 0 aliphatic heterocycles. The van der Waals surface area contributed by atoms with E-state index in [-0.39, 0.29) is 5.56 Å². The summed E-state index contributed by atoms with van der Waals surface area (Å²) in [5, 5.41) is 0. The molecule has 0 aliphatic carbocycles. The Bertz CT molecular complexity index is 309. The van der Waals surface area contributed by atoms with Crippen molar-refractivity contribution < 1.29 is 8.78 Å². The maximum Gasteiger partial charge on any atom is 0.133 e. The van der Waals surface area contributed by atoms with Gasteiger partial charge in [-0.1, -0.05) is 0 Å². The Morgan fingerprint density at radius 3 is 2.64 bits per heavy atom. The summed E-state index contributed by atoms with van der Waals surface area (Å²) in [5.41, 5.74) is 2.39. The van der Waals surface area contributed by atoms with Crippen LogP contribution in [0.4, 0.5) is 8.78 Å². The van der Waals surface area contributed by atoms with E-state index in [4.69, 9.17) is 6.58 Å². The van der Waals surface area contributed by atoms with Gasteiger partial charge in [0.15, 0.2) is 0 Å². The molecule has 2 heteroatoms. The van der Waals surface area contributed by atoms with Crippen LogP contribution in [0.1, 0.15) is 5.56 Å². The molecule has 55 valence electrons. The number of rotatable bonds is 1. The lowest BCUT2D eigenvalue weighted by atomic mass is 10.2. The first-order valence-corrected chi connectivity index (χ1v) is 2.98. The summed E-state index contributed by atoms with van der Waals surface area (Å²) in [6.45, 7) is 4.90. The molecule has 1 rings (SSSR count). The van der Waals surface area contributed by atoms with Crippen molar-refractivity contribution in [3.05, 3.63) is 47.7 Å². The van der Waals surface area contributed by atoms with Crippen LogP contribution < -0.4 is 0 Å². The van der Waals surface area contributed by atoms with Crippen molar-refractivity contribution >= 4 is 6.08 Å². The fourth-order valence-corrected chi connectivity index (χ4v) is 0.708. The first-order chi connectivity index (χ1) is 5.24. The Morgan fingerprint density at radius 2 is 2.09 bits per heavy atom. The lowest BCUT2D eigenvalue weighted by molar-refractivity contribution is 0.581. The molecule has 0 unspecified atom stereocenters. The highest BCUT2D eigenvalue weighted by Crippen LogP contribution is 2.09. The SMILES string of the molecule is [CH]=C=Cc1ccc(F)cc1F. The Labute approximate surface area is 63.5 Å². The normalized spacial score (nSPS) is 8.91. The summed E-state index contributed by atoms with van der Waals surface area (Å²) < 4.78 is 25.0.